The van der Waals surface area contributed by atoms with Crippen LogP contribution in [0.2, 0.25) is 0 Å². The molecule has 1 unspecified atom stereocenters. The Bertz CT molecular complexity index is 4020. The Morgan fingerprint density at radius 3 is 0.884 bits per heavy atom. The second kappa shape index (κ2) is 54.1. The molecular formula is C83H140N4O60. The lowest BCUT2D eigenvalue weighted by molar-refractivity contribution is -0.411. The summed E-state index contributed by atoms with van der Waals surface area (Å²) >= 11 is 0. The van der Waals surface area contributed by atoms with Crippen LogP contribution in [0.15, 0.2) is 0 Å². The lowest BCUT2D eigenvalue weighted by atomic mass is 9.93. The van der Waals surface area contributed by atoms with E-state index in [-0.39, 0.29) is 0 Å². The summed E-state index contributed by atoms with van der Waals surface area (Å²) in [6.07, 6.45) is -112. The quantitative estimate of drug-likeness (QED) is 0.0270. The first-order valence-electron chi connectivity index (χ1n) is 47.1. The topological polar surface area (TPSA) is 952 Å². The van der Waals surface area contributed by atoms with Gasteiger partial charge in [-0.05, 0) is 0 Å². The fourth-order valence-electron chi connectivity index (χ4n) is 19.4. The number of aliphatic hydroxyl groups is 29. The standard InChI is InChI=1S/C83H140N4O60/c1-21(95)84-37-50(109)61(30(13-92)130-72(37)120)141-73-38(85-22(2)96)52(111)63(32(15-94)135-73)143-83-71(147-77-55(114)41(100)25(99)16-125-77)69(49(108)36(140-83)20-126-76-56(115)53(112)42(101)26(9-88)131-76)145-82-70(54(113)43(102)27(10-89)134-82)146-74-39(86-23(3)97)51(110)62(31(14-93)136-74)142-75-40(87-24(4)98)64(46(105)33(137-75)17-127-78-57(116)65(121-5)44(103)28(11-90)132-78)144-81-60(119)68(124-8)48(107)35(139-81)19-129-80-59(118)67(123-7)47(106)34(138-80)18-128-79-58(117)66(122-6)45(104)29(12-91)133-79/h25-83,88-94,99-120H,9-20H2,1-8H3,(H,84,95)(H,85,96)(H,86,97)(H,87,98)/t25-,26-,27-,28-,29-,30-,31-,32-,33-,34-,35-,36-,37-,38-,39-,40-,41+,42-,43-,44+,45+,46+,47+,48+,49-,50-,51-,52-,53+,54+,55-,56+,57-,58-,59-,60-,61-,62-,63-,64-,65+,66+,67+,68+,69+,70+,71+,72?,73+,74+,75+,76+,77+,78-,79-,80-,81+,82-,83+/m1/s1. The third-order valence-electron chi connectivity index (χ3n) is 27.2. The molecule has 33 N–H and O–H groups in total. The molecule has 0 aliphatic carbocycles. The Morgan fingerprint density at radius 1 is 0.218 bits per heavy atom. The molecule has 64 nitrogen and oxygen atoms in total. The molecule has 852 valence electrons. The molecule has 12 fully saturated rings. The van der Waals surface area contributed by atoms with Gasteiger partial charge in [0.15, 0.2) is 75.5 Å². The lowest BCUT2D eigenvalue weighted by Crippen LogP contribution is -2.72. The molecule has 0 spiro atoms. The van der Waals surface area contributed by atoms with Crippen molar-refractivity contribution >= 4 is 23.6 Å². The zero-order chi connectivity index (χ0) is 108. The molecule has 12 saturated heterocycles. The normalized spacial score (nSPS) is 49.1. The molecule has 12 aliphatic rings. The summed E-state index contributed by atoms with van der Waals surface area (Å²) in [5.74, 6) is -3.91. The number of aliphatic hydroxyl groups excluding tert-OH is 29. The van der Waals surface area contributed by atoms with E-state index in [0.717, 1.165) is 56.1 Å². The van der Waals surface area contributed by atoms with Gasteiger partial charge in [-0.1, -0.05) is 0 Å². The van der Waals surface area contributed by atoms with Crippen molar-refractivity contribution in [2.24, 2.45) is 0 Å². The first-order valence-corrected chi connectivity index (χ1v) is 47.1. The maximum atomic E-state index is 13.8. The zero-order valence-corrected chi connectivity index (χ0v) is 80.2. The molecule has 0 bridgehead atoms. The highest BCUT2D eigenvalue weighted by molar-refractivity contribution is 5.74. The van der Waals surface area contributed by atoms with Gasteiger partial charge < -0.3 is 297 Å². The van der Waals surface area contributed by atoms with Gasteiger partial charge >= 0.3 is 0 Å². The number of carbonyl (C=O) groups is 4. The molecule has 0 radical (unpaired) electrons. The van der Waals surface area contributed by atoms with Crippen LogP contribution in [0.4, 0.5) is 0 Å². The monoisotopic (exact) mass is 2150 g/mol. The van der Waals surface area contributed by atoms with Crippen LogP contribution in [0.25, 0.3) is 0 Å². The molecule has 12 heterocycles. The summed E-state index contributed by atoms with van der Waals surface area (Å²) in [5.41, 5.74) is 0. The van der Waals surface area contributed by atoms with Crippen LogP contribution < -0.4 is 21.3 Å². The maximum Gasteiger partial charge on any atom is 0.217 e. The van der Waals surface area contributed by atoms with E-state index < -0.39 is 465 Å². The Labute approximate surface area is 835 Å². The molecule has 0 aromatic rings. The molecule has 12 aliphatic heterocycles. The fourth-order valence-corrected chi connectivity index (χ4v) is 19.4. The summed E-state index contributed by atoms with van der Waals surface area (Å²) in [7, 11) is 4.35. The summed E-state index contributed by atoms with van der Waals surface area (Å²) < 4.78 is 161. The molecule has 4 amide bonds. The molecule has 64 heteroatoms. The highest BCUT2D eigenvalue weighted by Crippen LogP contribution is 2.43. The smallest absolute Gasteiger partial charge is 0.217 e. The highest BCUT2D eigenvalue weighted by Gasteiger charge is 2.64. The molecule has 0 saturated carbocycles. The predicted molar refractivity (Wildman–Crippen MR) is 454 cm³/mol. The van der Waals surface area contributed by atoms with Crippen molar-refractivity contribution in [3.63, 3.8) is 0 Å². The van der Waals surface area contributed by atoms with E-state index in [1.807, 2.05) is 0 Å². The van der Waals surface area contributed by atoms with Gasteiger partial charge in [0, 0.05) is 56.1 Å². The summed E-state index contributed by atoms with van der Waals surface area (Å²) in [6, 6.07) is -7.97. The zero-order valence-electron chi connectivity index (χ0n) is 80.2. The Morgan fingerprint density at radius 2 is 0.476 bits per heavy atom. The lowest BCUT2D eigenvalue weighted by Gasteiger charge is -2.52. The SMILES string of the molecule is CO[C@H]1[C@@H](O)[C@@H](CO)O[C@@H](OC[C@H]2O[C@@H](OC[C@H]3O[C@@H](O[C@H]4[C@@H](O)[C@@H](CO[C@@H]5O[C@H](CO)[C@H](O)[C@H](OC)[C@H]5O)O[C@@H](O[C@H]5[C@H](O)[C@@H](NC(C)=O)[C@H](O[C@@H]6[C@@H](O[C@H]7[C@H](O)[C@@H](CO[C@H]8O[C@H](CO)[C@@H](O)[C@H](O)[C@@H]8O)O[C@@H](O[C@H]8[C@H](O)[C@@H](NC(C)=O)[C@H](O[C@H]9[C@H](O)[C@@H](NC(C)=O)C(O)O[C@@H]9CO)O[C@@H]8CO)[C@H]7O[C@@H]7OC[C@@H](O)[C@H](O)[C@H]7O)O[C@H](CO)[C@@H](O)[C@@H]6O)O[C@@H]5CO)[C@@H]4NC(C)=O)[C@H](O)[C@@H](OC)[C@H]3O)[C@H](O)[C@@H](OC)[C@H]2O)[C@@H]1O. The summed E-state index contributed by atoms with van der Waals surface area (Å²) in [5, 5.41) is 340. The van der Waals surface area contributed by atoms with Gasteiger partial charge in [-0.2, -0.15) is 0 Å². The van der Waals surface area contributed by atoms with Crippen LogP contribution in [-0.2, 0) is 147 Å². The van der Waals surface area contributed by atoms with Crippen LogP contribution in [-0.4, -0.2) is 642 Å². The van der Waals surface area contributed by atoms with E-state index in [9.17, 15) is 167 Å². The molecule has 147 heavy (non-hydrogen) atoms. The molecular weight excluding hydrogens is 2010 g/mol. The van der Waals surface area contributed by atoms with E-state index in [4.69, 9.17) is 128 Å². The van der Waals surface area contributed by atoms with Gasteiger partial charge in [0.2, 0.25) is 23.6 Å². The van der Waals surface area contributed by atoms with Crippen molar-refractivity contribution in [2.45, 2.75) is 390 Å². The van der Waals surface area contributed by atoms with Crippen molar-refractivity contribution in [3.05, 3.63) is 0 Å². The van der Waals surface area contributed by atoms with Crippen molar-refractivity contribution in [1.82, 2.24) is 21.3 Å². The minimum absolute atomic E-state index is 0.692. The minimum Gasteiger partial charge on any atom is -0.394 e. The molecule has 59 atom stereocenters. The Kier molecular flexibility index (Phi) is 44.6. The van der Waals surface area contributed by atoms with Crippen LogP contribution >= 0.6 is 0 Å². The van der Waals surface area contributed by atoms with Gasteiger partial charge in [-0.3, -0.25) is 19.2 Å². The third kappa shape index (κ3) is 27.2. The molecule has 0 aromatic heterocycles. The second-order valence-electron chi connectivity index (χ2n) is 37.1. The molecule has 0 aromatic carbocycles. The maximum absolute atomic E-state index is 13.8. The number of rotatable bonds is 41. The number of hydrogen-bond acceptors (Lipinski definition) is 60. The van der Waals surface area contributed by atoms with Crippen molar-refractivity contribution < 1.29 is 295 Å². The largest absolute Gasteiger partial charge is 0.394 e. The number of carbonyl (C=O) groups excluding carboxylic acids is 4. The van der Waals surface area contributed by atoms with Gasteiger partial charge in [0.05, 0.1) is 79.3 Å². The van der Waals surface area contributed by atoms with Crippen LogP contribution in [0, 0.1) is 0 Å². The summed E-state index contributed by atoms with van der Waals surface area (Å²) in [6.45, 7) is -8.59. The van der Waals surface area contributed by atoms with Gasteiger partial charge in [0.25, 0.3) is 0 Å². The average Bonchev–Trinajstić information content (AvgIpc) is 0.753. The number of ether oxygens (including phenoxy) is 27. The first-order chi connectivity index (χ1) is 69.8. The van der Waals surface area contributed by atoms with E-state index >= 15 is 0 Å². The van der Waals surface area contributed by atoms with Crippen LogP contribution in [0.3, 0.4) is 0 Å². The van der Waals surface area contributed by atoms with Gasteiger partial charge in [-0.25, -0.2) is 0 Å². The number of nitrogens with one attached hydrogen (secondary N) is 4. The number of methoxy groups -OCH3 is 4. The van der Waals surface area contributed by atoms with E-state index in [2.05, 4.69) is 21.3 Å². The van der Waals surface area contributed by atoms with Crippen molar-refractivity contribution in [3.8, 4) is 0 Å². The van der Waals surface area contributed by atoms with Crippen LogP contribution in [0.5, 0.6) is 0 Å². The number of amides is 4. The average molecular weight is 2150 g/mol. The Hall–Kier alpha value is -4.36. The number of hydrogen-bond donors (Lipinski definition) is 33. The summed E-state index contributed by atoms with van der Waals surface area (Å²) in [4.78, 5) is 53.0. The third-order valence-corrected chi connectivity index (χ3v) is 27.2. The van der Waals surface area contributed by atoms with Gasteiger partial charge in [0.1, 0.15) is 287 Å². The minimum atomic E-state index is -2.58. The Balaban J connectivity index is 0.868. The van der Waals surface area contributed by atoms with E-state index in [1.165, 1.54) is 0 Å². The second-order valence-corrected chi connectivity index (χ2v) is 37.1. The van der Waals surface area contributed by atoms with Crippen molar-refractivity contribution in [1.29, 1.82) is 0 Å². The van der Waals surface area contributed by atoms with Crippen molar-refractivity contribution in [2.75, 3.05) is 108 Å². The van der Waals surface area contributed by atoms with E-state index in [1.54, 1.807) is 0 Å². The first kappa shape index (κ1) is 121. The predicted octanol–water partition coefficient (Wildman–Crippen LogP) is -23.3. The highest BCUT2D eigenvalue weighted by atomic mass is 16.8. The van der Waals surface area contributed by atoms with Gasteiger partial charge in [-0.15, -0.1) is 0 Å². The van der Waals surface area contributed by atoms with Crippen LogP contribution in [0.1, 0.15) is 27.7 Å². The van der Waals surface area contributed by atoms with E-state index in [0.29, 0.717) is 0 Å². The fraction of sp³-hybridized carbons (Fsp3) is 0.952. The molecule has 12 rings (SSSR count).